The Morgan fingerprint density at radius 3 is 2.46 bits per heavy atom. The molecule has 0 saturated carbocycles. The number of hydrogen-bond acceptors (Lipinski definition) is 5. The lowest BCUT2D eigenvalue weighted by Gasteiger charge is -2.14. The van der Waals surface area contributed by atoms with Crippen molar-refractivity contribution in [3.63, 3.8) is 0 Å². The summed E-state index contributed by atoms with van der Waals surface area (Å²) >= 11 is 0. The lowest BCUT2D eigenvalue weighted by atomic mass is 10.1. The van der Waals surface area contributed by atoms with E-state index in [1.165, 1.54) is 0 Å². The SMILES string of the molecule is CNC(=O)c1ccc(OCc2ccc(OC)cc2)cc1OC[C@]1(C)CO1. The van der Waals surface area contributed by atoms with E-state index in [4.69, 9.17) is 18.9 Å². The van der Waals surface area contributed by atoms with E-state index in [1.54, 1.807) is 32.4 Å². The molecule has 0 aliphatic carbocycles. The third-order valence-electron chi connectivity index (χ3n) is 4.16. The molecule has 1 amide bonds. The van der Waals surface area contributed by atoms with Crippen LogP contribution in [0.4, 0.5) is 0 Å². The minimum absolute atomic E-state index is 0.205. The Morgan fingerprint density at radius 2 is 1.85 bits per heavy atom. The highest BCUT2D eigenvalue weighted by molar-refractivity contribution is 5.96. The van der Waals surface area contributed by atoms with Gasteiger partial charge in [0.15, 0.2) is 0 Å². The number of hydrogen-bond donors (Lipinski definition) is 1. The van der Waals surface area contributed by atoms with Crippen molar-refractivity contribution in [3.05, 3.63) is 53.6 Å². The molecule has 0 unspecified atom stereocenters. The van der Waals surface area contributed by atoms with Gasteiger partial charge in [-0.05, 0) is 36.8 Å². The van der Waals surface area contributed by atoms with E-state index < -0.39 is 0 Å². The normalized spacial score (nSPS) is 18.1. The van der Waals surface area contributed by atoms with Gasteiger partial charge in [0.25, 0.3) is 5.91 Å². The van der Waals surface area contributed by atoms with Crippen LogP contribution < -0.4 is 19.5 Å². The van der Waals surface area contributed by atoms with Crippen LogP contribution in [-0.2, 0) is 11.3 Å². The largest absolute Gasteiger partial charge is 0.497 e. The van der Waals surface area contributed by atoms with Gasteiger partial charge in [-0.15, -0.1) is 0 Å². The standard InChI is InChI=1S/C20H23NO5/c1-20(13-26-20)12-25-18-10-16(8-9-17(18)19(22)21-2)24-11-14-4-6-15(23-3)7-5-14/h4-10H,11-13H2,1-3H3,(H,21,22)/t20-/m1/s1. The number of benzene rings is 2. The Balaban J connectivity index is 1.70. The Kier molecular flexibility index (Phi) is 5.32. The molecule has 138 valence electrons. The van der Waals surface area contributed by atoms with Crippen LogP contribution in [0.15, 0.2) is 42.5 Å². The van der Waals surface area contributed by atoms with Gasteiger partial charge in [-0.25, -0.2) is 0 Å². The number of carbonyl (C=O) groups excluding carboxylic acids is 1. The number of ether oxygens (including phenoxy) is 4. The molecule has 3 rings (SSSR count). The molecule has 0 aromatic heterocycles. The monoisotopic (exact) mass is 357 g/mol. The molecule has 2 aromatic rings. The van der Waals surface area contributed by atoms with Gasteiger partial charge in [0.05, 0.1) is 19.3 Å². The van der Waals surface area contributed by atoms with Crippen LogP contribution in [0.25, 0.3) is 0 Å². The Morgan fingerprint density at radius 1 is 1.15 bits per heavy atom. The van der Waals surface area contributed by atoms with Gasteiger partial charge in [0.2, 0.25) is 0 Å². The fourth-order valence-electron chi connectivity index (χ4n) is 2.36. The predicted octanol–water partition coefficient (Wildman–Crippen LogP) is 2.80. The molecule has 1 fully saturated rings. The van der Waals surface area contributed by atoms with E-state index in [1.807, 2.05) is 31.2 Å². The summed E-state index contributed by atoms with van der Waals surface area (Å²) in [6.07, 6.45) is 0. The zero-order chi connectivity index (χ0) is 18.6. The Hall–Kier alpha value is -2.73. The fourth-order valence-corrected chi connectivity index (χ4v) is 2.36. The van der Waals surface area contributed by atoms with Crippen molar-refractivity contribution in [3.8, 4) is 17.2 Å². The Labute approximate surface area is 153 Å². The van der Waals surface area contributed by atoms with Crippen LogP contribution in [-0.4, -0.2) is 38.9 Å². The molecule has 1 heterocycles. The second-order valence-electron chi connectivity index (χ2n) is 6.40. The quantitative estimate of drug-likeness (QED) is 0.736. The highest BCUT2D eigenvalue weighted by Crippen LogP contribution is 2.30. The third kappa shape index (κ3) is 4.46. The molecule has 0 spiro atoms. The van der Waals surface area contributed by atoms with Gasteiger partial charge < -0.3 is 24.3 Å². The van der Waals surface area contributed by atoms with Gasteiger partial charge in [0.1, 0.15) is 36.1 Å². The molecule has 0 radical (unpaired) electrons. The number of nitrogens with one attached hydrogen (secondary N) is 1. The molecule has 26 heavy (non-hydrogen) atoms. The summed E-state index contributed by atoms with van der Waals surface area (Å²) < 4.78 is 22.1. The second kappa shape index (κ2) is 7.66. The van der Waals surface area contributed by atoms with Gasteiger partial charge in [0, 0.05) is 13.1 Å². The highest BCUT2D eigenvalue weighted by atomic mass is 16.6. The maximum absolute atomic E-state index is 12.1. The van der Waals surface area contributed by atoms with Gasteiger partial charge in [-0.2, -0.15) is 0 Å². The molecule has 1 aliphatic heterocycles. The molecular weight excluding hydrogens is 334 g/mol. The van der Waals surface area contributed by atoms with Crippen molar-refractivity contribution in [2.24, 2.45) is 0 Å². The van der Waals surface area contributed by atoms with Gasteiger partial charge in [-0.3, -0.25) is 4.79 Å². The molecule has 1 atom stereocenters. The molecule has 2 aromatic carbocycles. The topological polar surface area (TPSA) is 69.3 Å². The minimum Gasteiger partial charge on any atom is -0.497 e. The number of rotatable bonds is 8. The van der Waals surface area contributed by atoms with E-state index in [9.17, 15) is 4.79 Å². The molecule has 1 N–H and O–H groups in total. The molecular formula is C20H23NO5. The predicted molar refractivity (Wildman–Crippen MR) is 97.0 cm³/mol. The lowest BCUT2D eigenvalue weighted by molar-refractivity contribution is 0.0956. The third-order valence-corrected chi connectivity index (χ3v) is 4.16. The van der Waals surface area contributed by atoms with Crippen LogP contribution in [0.3, 0.4) is 0 Å². The number of carbonyl (C=O) groups is 1. The van der Waals surface area contributed by atoms with Crippen molar-refractivity contribution in [1.29, 1.82) is 0 Å². The van der Waals surface area contributed by atoms with Crippen LogP contribution in [0, 0.1) is 0 Å². The number of amides is 1. The summed E-state index contributed by atoms with van der Waals surface area (Å²) in [5, 5.41) is 2.62. The summed E-state index contributed by atoms with van der Waals surface area (Å²) in [6.45, 7) is 3.43. The molecule has 1 aliphatic rings. The van der Waals surface area contributed by atoms with Crippen molar-refractivity contribution in [1.82, 2.24) is 5.32 Å². The van der Waals surface area contributed by atoms with E-state index >= 15 is 0 Å². The lowest BCUT2D eigenvalue weighted by Crippen LogP contribution is -2.22. The number of epoxide rings is 1. The molecule has 6 heteroatoms. The van der Waals surface area contributed by atoms with Gasteiger partial charge in [-0.1, -0.05) is 12.1 Å². The van der Waals surface area contributed by atoms with Crippen molar-refractivity contribution in [2.75, 3.05) is 27.4 Å². The summed E-state index contributed by atoms with van der Waals surface area (Å²) in [5.74, 6) is 1.71. The van der Waals surface area contributed by atoms with Crippen LogP contribution in [0.1, 0.15) is 22.8 Å². The average Bonchev–Trinajstić information content (AvgIpc) is 3.42. The molecule has 0 bridgehead atoms. The van der Waals surface area contributed by atoms with E-state index in [2.05, 4.69) is 5.32 Å². The van der Waals surface area contributed by atoms with E-state index in [0.29, 0.717) is 36.9 Å². The Bertz CT molecular complexity index is 768. The zero-order valence-electron chi connectivity index (χ0n) is 15.2. The molecule has 1 saturated heterocycles. The van der Waals surface area contributed by atoms with Gasteiger partial charge >= 0.3 is 0 Å². The second-order valence-corrected chi connectivity index (χ2v) is 6.40. The first-order valence-corrected chi connectivity index (χ1v) is 8.41. The number of methoxy groups -OCH3 is 1. The maximum Gasteiger partial charge on any atom is 0.254 e. The summed E-state index contributed by atoms with van der Waals surface area (Å²) in [4.78, 5) is 12.1. The van der Waals surface area contributed by atoms with Crippen LogP contribution in [0.5, 0.6) is 17.2 Å². The zero-order valence-corrected chi connectivity index (χ0v) is 15.2. The first-order valence-electron chi connectivity index (χ1n) is 8.41. The maximum atomic E-state index is 12.1. The highest BCUT2D eigenvalue weighted by Gasteiger charge is 2.40. The molecule has 6 nitrogen and oxygen atoms in total. The van der Waals surface area contributed by atoms with Crippen molar-refractivity contribution < 1.29 is 23.7 Å². The first kappa shape index (κ1) is 18.1. The smallest absolute Gasteiger partial charge is 0.254 e. The van der Waals surface area contributed by atoms with E-state index in [-0.39, 0.29) is 11.5 Å². The minimum atomic E-state index is -0.264. The van der Waals surface area contributed by atoms with Crippen LogP contribution in [0.2, 0.25) is 0 Å². The first-order chi connectivity index (χ1) is 12.5. The fraction of sp³-hybridized carbons (Fsp3) is 0.350. The van der Waals surface area contributed by atoms with Crippen molar-refractivity contribution >= 4 is 5.91 Å². The average molecular weight is 357 g/mol. The van der Waals surface area contributed by atoms with E-state index in [0.717, 1.165) is 11.3 Å². The summed E-state index contributed by atoms with van der Waals surface area (Å²) in [5.41, 5.74) is 1.22. The summed E-state index contributed by atoms with van der Waals surface area (Å²) in [6, 6.07) is 12.9. The van der Waals surface area contributed by atoms with Crippen LogP contribution >= 0.6 is 0 Å². The van der Waals surface area contributed by atoms with Crippen molar-refractivity contribution in [2.45, 2.75) is 19.1 Å². The summed E-state index contributed by atoms with van der Waals surface area (Å²) in [7, 11) is 3.22.